The second kappa shape index (κ2) is 12.7. The average molecular weight is 422 g/mol. The maximum atomic E-state index is 9.82. The molecule has 0 bridgehead atoms. The molecule has 3 rings (SSSR count). The maximum absolute atomic E-state index is 9.82. The van der Waals surface area contributed by atoms with Gasteiger partial charge in [0, 0.05) is 37.9 Å². The van der Waals surface area contributed by atoms with Gasteiger partial charge in [-0.25, -0.2) is 0 Å². The first-order valence-electron chi connectivity index (χ1n) is 11.2. The summed E-state index contributed by atoms with van der Waals surface area (Å²) < 4.78 is 12.8. The minimum Gasteiger partial charge on any atom is -0.494 e. The molecule has 0 aliphatic rings. The van der Waals surface area contributed by atoms with Crippen molar-refractivity contribution in [3.63, 3.8) is 0 Å². The van der Waals surface area contributed by atoms with Gasteiger partial charge in [0.2, 0.25) is 0 Å². The first-order chi connectivity index (χ1) is 15.1. The van der Waals surface area contributed by atoms with Gasteiger partial charge in [0.05, 0.1) is 23.4 Å². The molecular formula is C26H35N3O2. The Hall–Kier alpha value is -2.97. The van der Waals surface area contributed by atoms with E-state index in [1.54, 1.807) is 0 Å². The second-order valence-corrected chi connectivity index (χ2v) is 7.12. The van der Waals surface area contributed by atoms with E-state index >= 15 is 0 Å². The molecule has 1 aromatic heterocycles. The molecule has 166 valence electrons. The molecule has 1 heterocycles. The molecule has 1 N–H and O–H groups in total. The first kappa shape index (κ1) is 24.3. The van der Waals surface area contributed by atoms with E-state index in [-0.39, 0.29) is 0 Å². The lowest BCUT2D eigenvalue weighted by atomic mass is 10.1. The summed E-state index contributed by atoms with van der Waals surface area (Å²) in [5, 5.41) is 14.0. The van der Waals surface area contributed by atoms with Crippen molar-refractivity contribution in [1.29, 1.82) is 5.26 Å². The molecule has 3 aromatic rings. The summed E-state index contributed by atoms with van der Waals surface area (Å²) in [6.07, 6.45) is 2.14. The number of aryl methyl sites for hydroxylation is 1. The van der Waals surface area contributed by atoms with Gasteiger partial charge in [-0.05, 0) is 74.7 Å². The fourth-order valence-electron chi connectivity index (χ4n) is 3.54. The summed E-state index contributed by atoms with van der Waals surface area (Å²) in [5.74, 6) is 0.848. The number of hydrogen-bond donors (Lipinski definition) is 1. The van der Waals surface area contributed by atoms with Crippen LogP contribution in [0.25, 0.3) is 22.2 Å². The molecule has 0 aliphatic heterocycles. The highest BCUT2D eigenvalue weighted by atomic mass is 16.5. The van der Waals surface area contributed by atoms with Crippen LogP contribution in [-0.2, 0) is 11.3 Å². The molecule has 0 spiro atoms. The molecule has 0 atom stereocenters. The lowest BCUT2D eigenvalue weighted by Crippen LogP contribution is -2.00. The van der Waals surface area contributed by atoms with Gasteiger partial charge in [-0.15, -0.1) is 0 Å². The Bertz CT molecular complexity index is 981. The van der Waals surface area contributed by atoms with Crippen LogP contribution in [0.2, 0.25) is 0 Å². The SMILES string of the molecule is CCCOCC.CCCn1c(-c2ccc(OCC)cc2)c(C#N)c2ccc(NC)cc21. The largest absolute Gasteiger partial charge is 0.494 e. The van der Waals surface area contributed by atoms with E-state index in [0.717, 1.165) is 71.8 Å². The van der Waals surface area contributed by atoms with Crippen molar-refractivity contribution in [1.82, 2.24) is 4.57 Å². The van der Waals surface area contributed by atoms with Crippen molar-refractivity contribution in [3.05, 3.63) is 48.0 Å². The monoisotopic (exact) mass is 421 g/mol. The van der Waals surface area contributed by atoms with E-state index in [1.807, 2.05) is 57.3 Å². The smallest absolute Gasteiger partial charge is 0.119 e. The highest BCUT2D eigenvalue weighted by Crippen LogP contribution is 2.35. The number of anilines is 1. The van der Waals surface area contributed by atoms with E-state index in [4.69, 9.17) is 9.47 Å². The van der Waals surface area contributed by atoms with Gasteiger partial charge >= 0.3 is 0 Å². The fourth-order valence-corrected chi connectivity index (χ4v) is 3.54. The van der Waals surface area contributed by atoms with Crippen molar-refractivity contribution < 1.29 is 9.47 Å². The molecular weight excluding hydrogens is 386 g/mol. The molecule has 5 heteroatoms. The topological polar surface area (TPSA) is 59.2 Å². The van der Waals surface area contributed by atoms with Crippen LogP contribution < -0.4 is 10.1 Å². The lowest BCUT2D eigenvalue weighted by molar-refractivity contribution is 0.148. The first-order valence-corrected chi connectivity index (χ1v) is 11.2. The summed E-state index contributed by atoms with van der Waals surface area (Å²) >= 11 is 0. The van der Waals surface area contributed by atoms with Gasteiger partial charge in [0.1, 0.15) is 11.8 Å². The normalized spacial score (nSPS) is 10.3. The molecule has 0 radical (unpaired) electrons. The highest BCUT2D eigenvalue weighted by molar-refractivity contribution is 5.96. The number of nitrogens with one attached hydrogen (secondary N) is 1. The Morgan fingerprint density at radius 2 is 1.71 bits per heavy atom. The Morgan fingerprint density at radius 3 is 2.23 bits per heavy atom. The van der Waals surface area contributed by atoms with Gasteiger partial charge in [-0.2, -0.15) is 5.26 Å². The zero-order chi connectivity index (χ0) is 22.6. The molecule has 0 saturated heterocycles. The van der Waals surface area contributed by atoms with Crippen molar-refractivity contribution in [3.8, 4) is 23.1 Å². The third-order valence-corrected chi connectivity index (χ3v) is 4.90. The molecule has 0 unspecified atom stereocenters. The summed E-state index contributed by atoms with van der Waals surface area (Å²) in [5.41, 5.74) is 4.89. The number of aromatic nitrogens is 1. The molecule has 0 fully saturated rings. The molecule has 0 saturated carbocycles. The summed E-state index contributed by atoms with van der Waals surface area (Å²) in [6, 6.07) is 16.6. The van der Waals surface area contributed by atoms with Crippen LogP contribution in [0.1, 0.15) is 46.1 Å². The minimum atomic E-state index is 0.645. The quantitative estimate of drug-likeness (QED) is 0.403. The number of nitriles is 1. The van der Waals surface area contributed by atoms with Crippen molar-refractivity contribution in [2.24, 2.45) is 0 Å². The van der Waals surface area contributed by atoms with E-state index in [1.165, 1.54) is 0 Å². The fraction of sp³-hybridized carbons (Fsp3) is 0.423. The minimum absolute atomic E-state index is 0.645. The van der Waals surface area contributed by atoms with Crippen LogP contribution in [0.4, 0.5) is 5.69 Å². The molecule has 0 aliphatic carbocycles. The molecule has 2 aromatic carbocycles. The summed E-state index contributed by atoms with van der Waals surface area (Å²) in [4.78, 5) is 0. The Kier molecular flexibility index (Phi) is 9.93. The van der Waals surface area contributed by atoms with Crippen LogP contribution in [0.5, 0.6) is 5.75 Å². The standard InChI is InChI=1S/C21H23N3O.C5H12O/c1-4-12-24-20-13-16(23-3)8-11-18(20)19(14-22)21(24)15-6-9-17(10-7-15)25-5-2;1-3-5-6-4-2/h6-11,13,23H,4-5,12H2,1-3H3;3-5H2,1-2H3. The highest BCUT2D eigenvalue weighted by Gasteiger charge is 2.18. The van der Waals surface area contributed by atoms with Gasteiger partial charge in [-0.1, -0.05) is 13.8 Å². The predicted molar refractivity (Wildman–Crippen MR) is 130 cm³/mol. The predicted octanol–water partition coefficient (Wildman–Crippen LogP) is 6.46. The van der Waals surface area contributed by atoms with E-state index < -0.39 is 0 Å². The van der Waals surface area contributed by atoms with Crippen molar-refractivity contribution in [2.45, 2.75) is 47.1 Å². The average Bonchev–Trinajstić information content (AvgIpc) is 3.11. The zero-order valence-electron chi connectivity index (χ0n) is 19.5. The number of rotatable bonds is 9. The Morgan fingerprint density at radius 1 is 0.968 bits per heavy atom. The van der Waals surface area contributed by atoms with Crippen molar-refractivity contribution >= 4 is 16.6 Å². The summed E-state index contributed by atoms with van der Waals surface area (Å²) in [6.45, 7) is 11.5. The number of benzene rings is 2. The third kappa shape index (κ3) is 6.02. The molecule has 31 heavy (non-hydrogen) atoms. The maximum Gasteiger partial charge on any atom is 0.119 e. The van der Waals surface area contributed by atoms with E-state index in [0.29, 0.717) is 6.61 Å². The third-order valence-electron chi connectivity index (χ3n) is 4.90. The van der Waals surface area contributed by atoms with Gasteiger partial charge in [0.25, 0.3) is 0 Å². The van der Waals surface area contributed by atoms with E-state index in [9.17, 15) is 5.26 Å². The molecule has 5 nitrogen and oxygen atoms in total. The number of nitrogens with zero attached hydrogens (tertiary/aromatic N) is 2. The zero-order valence-corrected chi connectivity index (χ0v) is 19.5. The van der Waals surface area contributed by atoms with Gasteiger partial charge < -0.3 is 19.4 Å². The van der Waals surface area contributed by atoms with Crippen LogP contribution in [0.15, 0.2) is 42.5 Å². The van der Waals surface area contributed by atoms with Gasteiger partial charge in [-0.3, -0.25) is 0 Å². The Labute approximate surface area is 186 Å². The van der Waals surface area contributed by atoms with E-state index in [2.05, 4.69) is 35.9 Å². The number of hydrogen-bond acceptors (Lipinski definition) is 4. The molecule has 0 amide bonds. The lowest BCUT2D eigenvalue weighted by Gasteiger charge is -2.11. The van der Waals surface area contributed by atoms with Crippen molar-refractivity contribution in [2.75, 3.05) is 32.2 Å². The van der Waals surface area contributed by atoms with Gasteiger partial charge in [0.15, 0.2) is 0 Å². The van der Waals surface area contributed by atoms with Crippen LogP contribution >= 0.6 is 0 Å². The summed E-state index contributed by atoms with van der Waals surface area (Å²) in [7, 11) is 1.91. The number of ether oxygens (including phenoxy) is 2. The van der Waals surface area contributed by atoms with Crippen LogP contribution in [-0.4, -0.2) is 31.4 Å². The second-order valence-electron chi connectivity index (χ2n) is 7.12. The number of fused-ring (bicyclic) bond motifs is 1. The Balaban J connectivity index is 0.000000501. The van der Waals surface area contributed by atoms with Crippen LogP contribution in [0.3, 0.4) is 0 Å². The van der Waals surface area contributed by atoms with Crippen LogP contribution in [0, 0.1) is 11.3 Å².